The molecule has 1 aromatic rings. The summed E-state index contributed by atoms with van der Waals surface area (Å²) in [5, 5.41) is 11.2. The second kappa shape index (κ2) is 6.62. The Hall–Kier alpha value is -1.38. The first kappa shape index (κ1) is 16.5. The molecule has 0 aromatic heterocycles. The van der Waals surface area contributed by atoms with Crippen LogP contribution >= 0.6 is 15.9 Å². The summed E-state index contributed by atoms with van der Waals surface area (Å²) < 4.78 is 17.6. The molecule has 0 saturated carbocycles. The maximum atomic E-state index is 11.2. The molecule has 2 fully saturated rings. The highest BCUT2D eigenvalue weighted by Gasteiger charge is 2.40. The largest absolute Gasteiger partial charge is 0.487 e. The zero-order valence-electron chi connectivity index (χ0n) is 12.9. The van der Waals surface area contributed by atoms with E-state index in [2.05, 4.69) is 20.8 Å². The lowest BCUT2D eigenvalue weighted by molar-refractivity contribution is -0.385. The third-order valence-electron chi connectivity index (χ3n) is 4.20. The maximum absolute atomic E-state index is 11.2. The number of hydrogen-bond acceptors (Lipinski definition) is 6. The number of piperidine rings is 1. The predicted octanol–water partition coefficient (Wildman–Crippen LogP) is 3.10. The molecule has 1 spiro atoms. The number of nitro groups is 1. The smallest absolute Gasteiger partial charge is 0.312 e. The molecule has 2 aliphatic rings. The molecule has 23 heavy (non-hydrogen) atoms. The maximum Gasteiger partial charge on any atom is 0.312 e. The molecule has 1 aromatic carbocycles. The Morgan fingerprint density at radius 1 is 1.35 bits per heavy atom. The van der Waals surface area contributed by atoms with Crippen LogP contribution in [0.5, 0.6) is 5.75 Å². The second-order valence-corrected chi connectivity index (χ2v) is 6.41. The van der Waals surface area contributed by atoms with E-state index in [1.54, 1.807) is 6.07 Å². The van der Waals surface area contributed by atoms with E-state index < -0.39 is 10.7 Å². The van der Waals surface area contributed by atoms with Crippen LogP contribution in [0.1, 0.15) is 19.8 Å². The Labute approximate surface area is 142 Å². The summed E-state index contributed by atoms with van der Waals surface area (Å²) in [4.78, 5) is 12.9. The average molecular weight is 387 g/mol. The third kappa shape index (κ3) is 3.29. The summed E-state index contributed by atoms with van der Waals surface area (Å²) in [6.07, 6.45) is 1.56. The van der Waals surface area contributed by atoms with E-state index in [1.807, 2.05) is 6.92 Å². The SMILES string of the molecule is CCOc1cc(N2CCC3(CC2)OCCO3)c(Br)cc1[N+](=O)[O-]. The van der Waals surface area contributed by atoms with Crippen molar-refractivity contribution in [2.75, 3.05) is 37.8 Å². The lowest BCUT2D eigenvalue weighted by Gasteiger charge is -2.39. The fourth-order valence-corrected chi connectivity index (χ4v) is 3.64. The fourth-order valence-electron chi connectivity index (χ4n) is 3.06. The van der Waals surface area contributed by atoms with Gasteiger partial charge in [-0.05, 0) is 22.9 Å². The van der Waals surface area contributed by atoms with Gasteiger partial charge in [-0.1, -0.05) is 0 Å². The molecule has 0 atom stereocenters. The van der Waals surface area contributed by atoms with Gasteiger partial charge in [0, 0.05) is 42.5 Å². The highest BCUT2D eigenvalue weighted by molar-refractivity contribution is 9.10. The number of benzene rings is 1. The highest BCUT2D eigenvalue weighted by atomic mass is 79.9. The van der Waals surface area contributed by atoms with E-state index in [0.717, 1.165) is 31.6 Å². The van der Waals surface area contributed by atoms with Gasteiger partial charge in [0.25, 0.3) is 0 Å². The minimum absolute atomic E-state index is 0.0292. The minimum Gasteiger partial charge on any atom is -0.487 e. The van der Waals surface area contributed by atoms with E-state index in [1.165, 1.54) is 6.07 Å². The summed E-state index contributed by atoms with van der Waals surface area (Å²) in [6, 6.07) is 3.24. The first-order chi connectivity index (χ1) is 11.0. The van der Waals surface area contributed by atoms with Crippen LogP contribution in [0.4, 0.5) is 11.4 Å². The van der Waals surface area contributed by atoms with Crippen molar-refractivity contribution in [3.63, 3.8) is 0 Å². The van der Waals surface area contributed by atoms with Crippen molar-refractivity contribution >= 4 is 27.3 Å². The zero-order valence-corrected chi connectivity index (χ0v) is 14.5. The van der Waals surface area contributed by atoms with Gasteiger partial charge in [0.2, 0.25) is 0 Å². The van der Waals surface area contributed by atoms with Crippen LogP contribution in [0.3, 0.4) is 0 Å². The van der Waals surface area contributed by atoms with Crippen LogP contribution in [0.25, 0.3) is 0 Å². The van der Waals surface area contributed by atoms with Gasteiger partial charge < -0.3 is 19.1 Å². The summed E-state index contributed by atoms with van der Waals surface area (Å²) in [6.45, 7) is 5.02. The second-order valence-electron chi connectivity index (χ2n) is 5.56. The van der Waals surface area contributed by atoms with Gasteiger partial charge in [-0.15, -0.1) is 0 Å². The molecular weight excluding hydrogens is 368 g/mol. The van der Waals surface area contributed by atoms with E-state index >= 15 is 0 Å². The molecule has 0 N–H and O–H groups in total. The van der Waals surface area contributed by atoms with E-state index in [9.17, 15) is 10.1 Å². The number of rotatable bonds is 4. The summed E-state index contributed by atoms with van der Waals surface area (Å²) >= 11 is 3.45. The van der Waals surface area contributed by atoms with Gasteiger partial charge in [0.05, 0.1) is 30.4 Å². The number of anilines is 1. The van der Waals surface area contributed by atoms with Crippen LogP contribution in [-0.2, 0) is 9.47 Å². The first-order valence-corrected chi connectivity index (χ1v) is 8.47. The standard InChI is InChI=1S/C15H19BrN2O5/c1-2-21-14-10-12(11(16)9-13(14)18(19)20)17-5-3-15(4-6-17)22-7-8-23-15/h9-10H,2-8H2,1H3. The van der Waals surface area contributed by atoms with Crippen LogP contribution < -0.4 is 9.64 Å². The monoisotopic (exact) mass is 386 g/mol. The van der Waals surface area contributed by atoms with E-state index in [-0.39, 0.29) is 5.69 Å². The van der Waals surface area contributed by atoms with Crippen molar-refractivity contribution in [3.05, 3.63) is 26.7 Å². The fraction of sp³-hybridized carbons (Fsp3) is 0.600. The van der Waals surface area contributed by atoms with Gasteiger partial charge in [-0.25, -0.2) is 0 Å². The number of ether oxygens (including phenoxy) is 3. The molecule has 0 amide bonds. The van der Waals surface area contributed by atoms with E-state index in [0.29, 0.717) is 30.0 Å². The molecule has 0 bridgehead atoms. The van der Waals surface area contributed by atoms with Crippen LogP contribution in [0.2, 0.25) is 0 Å². The quantitative estimate of drug-likeness (QED) is 0.584. The topological polar surface area (TPSA) is 74.1 Å². The molecule has 7 nitrogen and oxygen atoms in total. The summed E-state index contributed by atoms with van der Waals surface area (Å²) in [5.41, 5.74) is 0.866. The molecule has 2 heterocycles. The molecule has 2 saturated heterocycles. The molecule has 8 heteroatoms. The lowest BCUT2D eigenvalue weighted by Crippen LogP contribution is -2.45. The minimum atomic E-state index is -0.438. The Morgan fingerprint density at radius 2 is 2.00 bits per heavy atom. The molecule has 0 radical (unpaired) electrons. The Kier molecular flexibility index (Phi) is 4.74. The Morgan fingerprint density at radius 3 is 2.57 bits per heavy atom. The Bertz CT molecular complexity index is 594. The number of hydrogen-bond donors (Lipinski definition) is 0. The van der Waals surface area contributed by atoms with Crippen molar-refractivity contribution in [2.24, 2.45) is 0 Å². The van der Waals surface area contributed by atoms with Crippen molar-refractivity contribution in [3.8, 4) is 5.75 Å². The average Bonchev–Trinajstić information content (AvgIpc) is 2.98. The molecule has 3 rings (SSSR count). The molecule has 0 unspecified atom stereocenters. The van der Waals surface area contributed by atoms with Gasteiger partial charge in [0.1, 0.15) is 0 Å². The van der Waals surface area contributed by atoms with Crippen LogP contribution in [-0.4, -0.2) is 43.6 Å². The van der Waals surface area contributed by atoms with Gasteiger partial charge in [-0.3, -0.25) is 10.1 Å². The number of nitro benzene ring substituents is 1. The molecule has 2 aliphatic heterocycles. The zero-order chi connectivity index (χ0) is 16.4. The van der Waals surface area contributed by atoms with Crippen LogP contribution in [0.15, 0.2) is 16.6 Å². The van der Waals surface area contributed by atoms with Gasteiger partial charge in [-0.2, -0.15) is 0 Å². The molecule has 0 aliphatic carbocycles. The predicted molar refractivity (Wildman–Crippen MR) is 88.0 cm³/mol. The van der Waals surface area contributed by atoms with Crippen molar-refractivity contribution in [1.29, 1.82) is 0 Å². The van der Waals surface area contributed by atoms with E-state index in [4.69, 9.17) is 14.2 Å². The van der Waals surface area contributed by atoms with Crippen molar-refractivity contribution in [1.82, 2.24) is 0 Å². The molecule has 126 valence electrons. The summed E-state index contributed by atoms with van der Waals surface area (Å²) in [5.74, 6) is -0.142. The third-order valence-corrected chi connectivity index (χ3v) is 4.84. The van der Waals surface area contributed by atoms with Gasteiger partial charge in [0.15, 0.2) is 11.5 Å². The van der Waals surface area contributed by atoms with Crippen LogP contribution in [0, 0.1) is 10.1 Å². The first-order valence-electron chi connectivity index (χ1n) is 7.68. The highest BCUT2D eigenvalue weighted by Crippen LogP contribution is 2.41. The number of halogens is 1. The Balaban J connectivity index is 1.82. The summed E-state index contributed by atoms with van der Waals surface area (Å²) in [7, 11) is 0. The molecular formula is C15H19BrN2O5. The van der Waals surface area contributed by atoms with Crippen molar-refractivity contribution < 1.29 is 19.1 Å². The lowest BCUT2D eigenvalue weighted by atomic mass is 10.0. The number of nitrogens with zero attached hydrogens (tertiary/aromatic N) is 2. The van der Waals surface area contributed by atoms with Crippen molar-refractivity contribution in [2.45, 2.75) is 25.6 Å². The normalized spacial score (nSPS) is 20.0. The van der Waals surface area contributed by atoms with Gasteiger partial charge >= 0.3 is 5.69 Å².